The van der Waals surface area contributed by atoms with Gasteiger partial charge < -0.3 is 9.84 Å². The predicted molar refractivity (Wildman–Crippen MR) is 73.1 cm³/mol. The van der Waals surface area contributed by atoms with Gasteiger partial charge in [-0.15, -0.1) is 11.3 Å². The number of thiazole rings is 1. The first-order valence-corrected chi connectivity index (χ1v) is 6.85. The molecule has 0 amide bonds. The van der Waals surface area contributed by atoms with Gasteiger partial charge in [0, 0.05) is 16.9 Å². The second kappa shape index (κ2) is 5.98. The number of aryl methyl sites for hydroxylation is 1. The van der Waals surface area contributed by atoms with Crippen LogP contribution in [0.15, 0.2) is 29.8 Å². The average Bonchev–Trinajstić information content (AvgIpc) is 2.76. The molecular weight excluding hydrogens is 246 g/mol. The third-order valence-electron chi connectivity index (χ3n) is 2.80. The molecule has 2 aromatic rings. The molecule has 4 heteroatoms. The Balaban J connectivity index is 1.96. The van der Waals surface area contributed by atoms with E-state index in [2.05, 4.69) is 4.98 Å². The number of hydrogen-bond acceptors (Lipinski definition) is 4. The van der Waals surface area contributed by atoms with Gasteiger partial charge in [-0.1, -0.05) is 18.2 Å². The number of para-hydroxylation sites is 1. The fourth-order valence-electron chi connectivity index (χ4n) is 1.78. The molecule has 0 bridgehead atoms. The van der Waals surface area contributed by atoms with E-state index in [1.807, 2.05) is 36.7 Å². The zero-order valence-electron chi connectivity index (χ0n) is 10.6. The molecule has 18 heavy (non-hydrogen) atoms. The number of aliphatic hydroxyl groups is 1. The van der Waals surface area contributed by atoms with Gasteiger partial charge in [0.15, 0.2) is 0 Å². The molecule has 0 aliphatic rings. The molecule has 0 radical (unpaired) electrons. The highest BCUT2D eigenvalue weighted by molar-refractivity contribution is 7.09. The number of aliphatic hydroxyl groups excluding tert-OH is 1. The van der Waals surface area contributed by atoms with Gasteiger partial charge in [-0.2, -0.15) is 0 Å². The van der Waals surface area contributed by atoms with Gasteiger partial charge in [0.25, 0.3) is 0 Å². The van der Waals surface area contributed by atoms with Gasteiger partial charge in [0.05, 0.1) is 23.9 Å². The molecule has 0 saturated carbocycles. The van der Waals surface area contributed by atoms with E-state index in [0.717, 1.165) is 23.4 Å². The van der Waals surface area contributed by atoms with E-state index in [1.165, 1.54) is 4.88 Å². The lowest BCUT2D eigenvalue weighted by molar-refractivity contribution is 0.191. The summed E-state index contributed by atoms with van der Waals surface area (Å²) in [6.45, 7) is 4.36. The van der Waals surface area contributed by atoms with E-state index in [9.17, 15) is 5.11 Å². The lowest BCUT2D eigenvalue weighted by atomic mass is 10.1. The number of ether oxygens (including phenoxy) is 1. The number of nitrogens with zero attached hydrogens (tertiary/aromatic N) is 1. The summed E-state index contributed by atoms with van der Waals surface area (Å²) >= 11 is 1.65. The molecule has 0 spiro atoms. The largest absolute Gasteiger partial charge is 0.493 e. The van der Waals surface area contributed by atoms with Gasteiger partial charge in [-0.3, -0.25) is 0 Å². The Morgan fingerprint density at radius 2 is 2.17 bits per heavy atom. The van der Waals surface area contributed by atoms with Crippen LogP contribution in [0.1, 0.15) is 29.2 Å². The molecule has 3 nitrogen and oxygen atoms in total. The van der Waals surface area contributed by atoms with Crippen LogP contribution in [-0.4, -0.2) is 16.7 Å². The van der Waals surface area contributed by atoms with Gasteiger partial charge in [0.2, 0.25) is 0 Å². The summed E-state index contributed by atoms with van der Waals surface area (Å²) in [6.07, 6.45) is 0.344. The smallest absolute Gasteiger partial charge is 0.125 e. The summed E-state index contributed by atoms with van der Waals surface area (Å²) in [5.41, 5.74) is 3.76. The van der Waals surface area contributed by atoms with Crippen molar-refractivity contribution in [2.75, 3.05) is 6.61 Å². The van der Waals surface area contributed by atoms with Crippen molar-refractivity contribution < 1.29 is 9.84 Å². The number of aromatic nitrogens is 1. The average molecular weight is 263 g/mol. The second-order valence-corrected chi connectivity index (χ2v) is 5.11. The Morgan fingerprint density at radius 1 is 1.39 bits per heavy atom. The van der Waals surface area contributed by atoms with Crippen molar-refractivity contribution in [1.29, 1.82) is 0 Å². The maximum absolute atomic E-state index is 9.64. The second-order valence-electron chi connectivity index (χ2n) is 4.17. The Bertz CT molecular complexity index is 508. The van der Waals surface area contributed by atoms with Crippen LogP contribution in [0.4, 0.5) is 0 Å². The van der Waals surface area contributed by atoms with Crippen LogP contribution < -0.4 is 4.74 Å². The summed E-state index contributed by atoms with van der Waals surface area (Å²) < 4.78 is 5.75. The Hall–Kier alpha value is -1.39. The summed E-state index contributed by atoms with van der Waals surface area (Å²) in [4.78, 5) is 5.47. The molecule has 2 rings (SSSR count). The van der Waals surface area contributed by atoms with E-state index in [4.69, 9.17) is 4.74 Å². The summed E-state index contributed by atoms with van der Waals surface area (Å²) in [7, 11) is 0. The molecule has 0 fully saturated rings. The van der Waals surface area contributed by atoms with E-state index in [0.29, 0.717) is 6.61 Å². The van der Waals surface area contributed by atoms with Crippen LogP contribution in [0.3, 0.4) is 0 Å². The molecule has 1 atom stereocenters. The van der Waals surface area contributed by atoms with Crippen LogP contribution in [0.2, 0.25) is 0 Å². The van der Waals surface area contributed by atoms with E-state index in [-0.39, 0.29) is 0 Å². The predicted octanol–water partition coefficient (Wildman–Crippen LogP) is 3.13. The number of hydrogen-bond donors (Lipinski definition) is 1. The molecule has 1 aromatic heterocycles. The van der Waals surface area contributed by atoms with Crippen LogP contribution in [0, 0.1) is 6.92 Å². The van der Waals surface area contributed by atoms with Crippen LogP contribution >= 0.6 is 11.3 Å². The normalized spacial score (nSPS) is 12.4. The maximum atomic E-state index is 9.64. The monoisotopic (exact) mass is 263 g/mol. The molecule has 0 saturated heterocycles. The number of benzene rings is 1. The minimum Gasteiger partial charge on any atom is -0.493 e. The van der Waals surface area contributed by atoms with Crippen molar-refractivity contribution in [3.63, 3.8) is 0 Å². The zero-order valence-corrected chi connectivity index (χ0v) is 11.4. The first-order chi connectivity index (χ1) is 8.68. The van der Waals surface area contributed by atoms with Crippen LogP contribution in [0.25, 0.3) is 0 Å². The SMILES string of the molecule is Cc1ncsc1CCOc1ccccc1C(C)O. The molecule has 0 aliphatic heterocycles. The van der Waals surface area contributed by atoms with E-state index >= 15 is 0 Å². The van der Waals surface area contributed by atoms with Crippen molar-refractivity contribution in [2.45, 2.75) is 26.4 Å². The van der Waals surface area contributed by atoms with Crippen molar-refractivity contribution in [1.82, 2.24) is 4.98 Å². The molecule has 96 valence electrons. The molecule has 1 aromatic carbocycles. The Morgan fingerprint density at radius 3 is 2.83 bits per heavy atom. The fraction of sp³-hybridized carbons (Fsp3) is 0.357. The highest BCUT2D eigenvalue weighted by atomic mass is 32.1. The fourth-order valence-corrected chi connectivity index (χ4v) is 2.54. The lowest BCUT2D eigenvalue weighted by Gasteiger charge is -2.12. The molecular formula is C14H17NO2S. The maximum Gasteiger partial charge on any atom is 0.125 e. The van der Waals surface area contributed by atoms with E-state index < -0.39 is 6.10 Å². The highest BCUT2D eigenvalue weighted by Gasteiger charge is 2.08. The minimum absolute atomic E-state index is 0.508. The third-order valence-corrected chi connectivity index (χ3v) is 3.80. The molecule has 1 heterocycles. The van der Waals surface area contributed by atoms with E-state index in [1.54, 1.807) is 18.3 Å². The molecule has 1 unspecified atom stereocenters. The van der Waals surface area contributed by atoms with Crippen molar-refractivity contribution in [3.05, 3.63) is 45.9 Å². The molecule has 0 aliphatic carbocycles. The molecule has 1 N–H and O–H groups in total. The minimum atomic E-state index is -0.508. The van der Waals surface area contributed by atoms with Crippen molar-refractivity contribution in [3.8, 4) is 5.75 Å². The highest BCUT2D eigenvalue weighted by Crippen LogP contribution is 2.24. The zero-order chi connectivity index (χ0) is 13.0. The summed E-state index contributed by atoms with van der Waals surface area (Å²) in [6, 6.07) is 7.60. The lowest BCUT2D eigenvalue weighted by Crippen LogP contribution is -2.04. The van der Waals surface area contributed by atoms with Crippen molar-refractivity contribution in [2.24, 2.45) is 0 Å². The third kappa shape index (κ3) is 3.09. The topological polar surface area (TPSA) is 42.4 Å². The first-order valence-electron chi connectivity index (χ1n) is 5.97. The van der Waals surface area contributed by atoms with Crippen molar-refractivity contribution >= 4 is 11.3 Å². The quantitative estimate of drug-likeness (QED) is 0.901. The van der Waals surface area contributed by atoms with Gasteiger partial charge in [0.1, 0.15) is 5.75 Å². The van der Waals surface area contributed by atoms with Gasteiger partial charge in [-0.25, -0.2) is 4.98 Å². The van der Waals surface area contributed by atoms with Crippen LogP contribution in [-0.2, 0) is 6.42 Å². The van der Waals surface area contributed by atoms with Crippen LogP contribution in [0.5, 0.6) is 5.75 Å². The Labute approximate surface area is 111 Å². The van der Waals surface area contributed by atoms with Gasteiger partial charge >= 0.3 is 0 Å². The summed E-state index contributed by atoms with van der Waals surface area (Å²) in [5.74, 6) is 0.759. The first kappa shape index (κ1) is 13.1. The number of rotatable bonds is 5. The summed E-state index contributed by atoms with van der Waals surface area (Å²) in [5, 5.41) is 9.64. The van der Waals surface area contributed by atoms with Gasteiger partial charge in [-0.05, 0) is 19.9 Å². The standard InChI is InChI=1S/C14H17NO2S/c1-10-14(18-9-15-10)7-8-17-13-6-4-3-5-12(13)11(2)16/h3-6,9,11,16H,7-8H2,1-2H3. The Kier molecular flexibility index (Phi) is 4.33.